The summed E-state index contributed by atoms with van der Waals surface area (Å²) in [5, 5.41) is 16.5. The second-order valence-corrected chi connectivity index (χ2v) is 4.63. The summed E-state index contributed by atoms with van der Waals surface area (Å²) in [5.74, 6) is 5.15. The fourth-order valence-corrected chi connectivity index (χ4v) is 1.66. The highest BCUT2D eigenvalue weighted by atomic mass is 16.6. The third kappa shape index (κ3) is 4.84. The van der Waals surface area contributed by atoms with Gasteiger partial charge in [-0.25, -0.2) is 10.8 Å². The number of nitrogens with two attached hydrogens (primary N) is 1. The standard InChI is InChI=1S/C11H19N7O3/c1-6(2)14-8(19)4-5-13-10-9(18(20)21)7(3)15-11(16-10)17-12/h6H,4-5,12H2,1-3H3,(H,14,19)(H2,13,15,16,17). The van der Waals surface area contributed by atoms with Crippen molar-refractivity contribution >= 4 is 23.4 Å². The van der Waals surface area contributed by atoms with Crippen molar-refractivity contribution in [2.45, 2.75) is 33.2 Å². The summed E-state index contributed by atoms with van der Waals surface area (Å²) < 4.78 is 0. The lowest BCUT2D eigenvalue weighted by Crippen LogP contribution is -2.31. The van der Waals surface area contributed by atoms with Gasteiger partial charge in [0.25, 0.3) is 0 Å². The Balaban J connectivity index is 2.79. The number of nitrogen functional groups attached to an aromatic ring is 1. The average Bonchev–Trinajstić information content (AvgIpc) is 2.36. The molecule has 0 fully saturated rings. The highest BCUT2D eigenvalue weighted by molar-refractivity contribution is 5.76. The highest BCUT2D eigenvalue weighted by Crippen LogP contribution is 2.26. The van der Waals surface area contributed by atoms with E-state index in [-0.39, 0.29) is 48.1 Å². The van der Waals surface area contributed by atoms with Gasteiger partial charge in [-0.15, -0.1) is 0 Å². The van der Waals surface area contributed by atoms with Crippen LogP contribution >= 0.6 is 0 Å². The Morgan fingerprint density at radius 1 is 1.43 bits per heavy atom. The number of anilines is 2. The minimum Gasteiger partial charge on any atom is -0.364 e. The molecule has 1 aromatic rings. The van der Waals surface area contributed by atoms with Gasteiger partial charge in [-0.2, -0.15) is 4.98 Å². The van der Waals surface area contributed by atoms with Crippen LogP contribution in [0.3, 0.4) is 0 Å². The summed E-state index contributed by atoms with van der Waals surface area (Å²) >= 11 is 0. The first kappa shape index (κ1) is 16.6. The van der Waals surface area contributed by atoms with Crippen molar-refractivity contribution in [2.75, 3.05) is 17.3 Å². The Morgan fingerprint density at radius 2 is 2.10 bits per heavy atom. The van der Waals surface area contributed by atoms with Crippen molar-refractivity contribution < 1.29 is 9.72 Å². The number of carbonyl (C=O) groups excluding carboxylic acids is 1. The lowest BCUT2D eigenvalue weighted by molar-refractivity contribution is -0.385. The van der Waals surface area contributed by atoms with Crippen LogP contribution in [0.5, 0.6) is 0 Å². The largest absolute Gasteiger partial charge is 0.364 e. The summed E-state index contributed by atoms with van der Waals surface area (Å²) in [6.07, 6.45) is 0.170. The molecule has 0 spiro atoms. The molecule has 5 N–H and O–H groups in total. The molecule has 0 unspecified atom stereocenters. The van der Waals surface area contributed by atoms with E-state index in [1.165, 1.54) is 6.92 Å². The molecule has 0 saturated carbocycles. The molecule has 0 saturated heterocycles. The quantitative estimate of drug-likeness (QED) is 0.319. The Labute approximate surface area is 121 Å². The van der Waals surface area contributed by atoms with E-state index in [0.717, 1.165) is 0 Å². The zero-order valence-electron chi connectivity index (χ0n) is 12.1. The summed E-state index contributed by atoms with van der Waals surface area (Å²) in [6, 6.07) is 0.0428. The number of hydrogen-bond acceptors (Lipinski definition) is 8. The van der Waals surface area contributed by atoms with Crippen LogP contribution < -0.4 is 21.9 Å². The first-order valence-electron chi connectivity index (χ1n) is 6.38. The van der Waals surface area contributed by atoms with Gasteiger partial charge in [0.2, 0.25) is 17.7 Å². The molecular formula is C11H19N7O3. The molecule has 1 rings (SSSR count). The van der Waals surface area contributed by atoms with Crippen LogP contribution in [0.1, 0.15) is 26.0 Å². The Kier molecular flexibility index (Phi) is 5.79. The summed E-state index contributed by atoms with van der Waals surface area (Å²) in [5.41, 5.74) is 2.18. The molecule has 21 heavy (non-hydrogen) atoms. The van der Waals surface area contributed by atoms with Gasteiger partial charge in [0.1, 0.15) is 5.69 Å². The number of nitrogens with one attached hydrogen (secondary N) is 3. The normalized spacial score (nSPS) is 10.3. The zero-order valence-corrected chi connectivity index (χ0v) is 12.1. The van der Waals surface area contributed by atoms with Gasteiger partial charge in [-0.1, -0.05) is 0 Å². The zero-order chi connectivity index (χ0) is 16.0. The van der Waals surface area contributed by atoms with E-state index in [0.29, 0.717) is 0 Å². The van der Waals surface area contributed by atoms with Crippen LogP contribution in [-0.2, 0) is 4.79 Å². The van der Waals surface area contributed by atoms with Gasteiger partial charge in [-0.3, -0.25) is 20.3 Å². The number of aromatic nitrogens is 2. The SMILES string of the molecule is Cc1nc(NN)nc(NCCC(=O)NC(C)C)c1[N+](=O)[O-]. The van der Waals surface area contributed by atoms with Crippen LogP contribution in [0.15, 0.2) is 0 Å². The number of amides is 1. The van der Waals surface area contributed by atoms with Crippen molar-refractivity contribution in [2.24, 2.45) is 5.84 Å². The average molecular weight is 297 g/mol. The molecule has 1 heterocycles. The number of carbonyl (C=O) groups is 1. The van der Waals surface area contributed by atoms with Crippen LogP contribution in [-0.4, -0.2) is 33.4 Å². The maximum absolute atomic E-state index is 11.5. The first-order valence-corrected chi connectivity index (χ1v) is 6.38. The molecule has 1 amide bonds. The molecule has 0 aliphatic rings. The van der Waals surface area contributed by atoms with E-state index < -0.39 is 4.92 Å². The molecule has 0 bridgehead atoms. The second kappa shape index (κ2) is 7.33. The number of hydrazine groups is 1. The lowest BCUT2D eigenvalue weighted by atomic mass is 10.3. The third-order valence-corrected chi connectivity index (χ3v) is 2.46. The summed E-state index contributed by atoms with van der Waals surface area (Å²) in [6.45, 7) is 5.39. The number of rotatable bonds is 7. The highest BCUT2D eigenvalue weighted by Gasteiger charge is 2.21. The number of hydrogen-bond donors (Lipinski definition) is 4. The van der Waals surface area contributed by atoms with Crippen molar-refractivity contribution in [1.29, 1.82) is 0 Å². The van der Waals surface area contributed by atoms with Gasteiger partial charge in [0.15, 0.2) is 0 Å². The Morgan fingerprint density at radius 3 is 2.62 bits per heavy atom. The number of aryl methyl sites for hydroxylation is 1. The molecule has 0 aromatic carbocycles. The second-order valence-electron chi connectivity index (χ2n) is 4.63. The maximum atomic E-state index is 11.5. The third-order valence-electron chi connectivity index (χ3n) is 2.46. The van der Waals surface area contributed by atoms with Crippen molar-refractivity contribution in [3.05, 3.63) is 15.8 Å². The molecule has 0 atom stereocenters. The molecule has 1 aromatic heterocycles. The molecule has 0 aliphatic carbocycles. The summed E-state index contributed by atoms with van der Waals surface area (Å²) in [7, 11) is 0. The molecule has 10 heteroatoms. The number of nitro groups is 1. The van der Waals surface area contributed by atoms with Crippen LogP contribution in [0.4, 0.5) is 17.5 Å². The Hall–Kier alpha value is -2.49. The van der Waals surface area contributed by atoms with Crippen molar-refractivity contribution in [3.8, 4) is 0 Å². The fraction of sp³-hybridized carbons (Fsp3) is 0.545. The smallest absolute Gasteiger partial charge is 0.332 e. The van der Waals surface area contributed by atoms with E-state index in [2.05, 4.69) is 26.0 Å². The van der Waals surface area contributed by atoms with Crippen LogP contribution in [0.25, 0.3) is 0 Å². The summed E-state index contributed by atoms with van der Waals surface area (Å²) in [4.78, 5) is 29.7. The van der Waals surface area contributed by atoms with E-state index >= 15 is 0 Å². The fourth-order valence-electron chi connectivity index (χ4n) is 1.66. The molecule has 0 aliphatic heterocycles. The van der Waals surface area contributed by atoms with E-state index in [9.17, 15) is 14.9 Å². The lowest BCUT2D eigenvalue weighted by Gasteiger charge is -2.10. The Bertz CT molecular complexity index is 533. The van der Waals surface area contributed by atoms with E-state index in [1.54, 1.807) is 0 Å². The molecular weight excluding hydrogens is 278 g/mol. The predicted octanol–water partition coefficient (Wildman–Crippen LogP) is 0.305. The predicted molar refractivity (Wildman–Crippen MR) is 77.6 cm³/mol. The van der Waals surface area contributed by atoms with Gasteiger partial charge < -0.3 is 10.6 Å². The maximum Gasteiger partial charge on any atom is 0.332 e. The first-order chi connectivity index (χ1) is 9.85. The topological polar surface area (TPSA) is 148 Å². The minimum absolute atomic E-state index is 0.0257. The van der Waals surface area contributed by atoms with Gasteiger partial charge in [0, 0.05) is 19.0 Å². The molecule has 116 valence electrons. The molecule has 0 radical (unpaired) electrons. The number of nitrogens with zero attached hydrogens (tertiary/aromatic N) is 3. The van der Waals surface area contributed by atoms with Gasteiger partial charge >= 0.3 is 5.69 Å². The van der Waals surface area contributed by atoms with Crippen molar-refractivity contribution in [1.82, 2.24) is 15.3 Å². The van der Waals surface area contributed by atoms with E-state index in [1.807, 2.05) is 13.8 Å². The van der Waals surface area contributed by atoms with E-state index in [4.69, 9.17) is 5.84 Å². The van der Waals surface area contributed by atoms with Crippen molar-refractivity contribution in [3.63, 3.8) is 0 Å². The van der Waals surface area contributed by atoms with Gasteiger partial charge in [-0.05, 0) is 20.8 Å². The monoisotopic (exact) mass is 297 g/mol. The van der Waals surface area contributed by atoms with Crippen LogP contribution in [0.2, 0.25) is 0 Å². The minimum atomic E-state index is -0.577. The van der Waals surface area contributed by atoms with Crippen LogP contribution in [0, 0.1) is 17.0 Å². The molecule has 10 nitrogen and oxygen atoms in total. The van der Waals surface area contributed by atoms with Gasteiger partial charge in [0.05, 0.1) is 4.92 Å².